The van der Waals surface area contributed by atoms with Crippen molar-refractivity contribution in [2.45, 2.75) is 25.8 Å². The maximum atomic E-state index is 12.6. The molecule has 1 aromatic rings. The van der Waals surface area contributed by atoms with E-state index in [-0.39, 0.29) is 5.91 Å². The maximum Gasteiger partial charge on any atom is 0.289 e. The van der Waals surface area contributed by atoms with Gasteiger partial charge in [-0.3, -0.25) is 14.5 Å². The Balaban J connectivity index is 1.45. The lowest BCUT2D eigenvalue weighted by molar-refractivity contribution is -0.119. The second kappa shape index (κ2) is 9.19. The molecule has 2 aliphatic heterocycles. The van der Waals surface area contributed by atoms with E-state index in [4.69, 9.17) is 4.42 Å². The zero-order valence-electron chi connectivity index (χ0n) is 15.7. The van der Waals surface area contributed by atoms with Crippen LogP contribution in [0.3, 0.4) is 0 Å². The van der Waals surface area contributed by atoms with Crippen LogP contribution in [-0.4, -0.2) is 91.3 Å². The first-order chi connectivity index (χ1) is 12.7. The molecule has 0 radical (unpaired) electrons. The molecule has 2 fully saturated rings. The molecule has 0 aliphatic carbocycles. The van der Waals surface area contributed by atoms with Gasteiger partial charge in [-0.2, -0.15) is 0 Å². The lowest BCUT2D eigenvalue weighted by atomic mass is 10.1. The molecule has 7 nitrogen and oxygen atoms in total. The van der Waals surface area contributed by atoms with Gasteiger partial charge in [0.25, 0.3) is 5.91 Å². The lowest BCUT2D eigenvalue weighted by Gasteiger charge is -2.31. The third kappa shape index (κ3) is 5.08. The fraction of sp³-hybridized carbons (Fsp3) is 0.684. The van der Waals surface area contributed by atoms with Gasteiger partial charge < -0.3 is 19.1 Å². The van der Waals surface area contributed by atoms with Crippen molar-refractivity contribution < 1.29 is 14.0 Å². The van der Waals surface area contributed by atoms with E-state index in [9.17, 15) is 9.59 Å². The predicted molar refractivity (Wildman–Crippen MR) is 98.9 cm³/mol. The standard InChI is InChI=1S/C19H30N4O3/c1-20(9-10-21-7-3-2-4-8-21)19(25)18-6-5-17(26-18)15-22-11-13-23(16-24)14-12-22/h5-6,16H,2-4,7-15H2,1H3. The summed E-state index contributed by atoms with van der Waals surface area (Å²) in [6.45, 7) is 7.77. The molecule has 26 heavy (non-hydrogen) atoms. The number of amides is 2. The molecule has 3 heterocycles. The fourth-order valence-electron chi connectivity index (χ4n) is 3.59. The zero-order chi connectivity index (χ0) is 18.4. The van der Waals surface area contributed by atoms with Gasteiger partial charge in [0, 0.05) is 46.3 Å². The highest BCUT2D eigenvalue weighted by molar-refractivity contribution is 5.91. The molecule has 0 spiro atoms. The molecule has 7 heteroatoms. The van der Waals surface area contributed by atoms with E-state index in [1.165, 1.54) is 19.3 Å². The number of likely N-dealkylation sites (tertiary alicyclic amines) is 1. The third-order valence-corrected chi connectivity index (χ3v) is 5.35. The molecular weight excluding hydrogens is 332 g/mol. The Bertz CT molecular complexity index is 589. The molecular formula is C19H30N4O3. The van der Waals surface area contributed by atoms with Gasteiger partial charge in [-0.15, -0.1) is 0 Å². The minimum Gasteiger partial charge on any atom is -0.455 e. The Kier molecular flexibility index (Phi) is 6.68. The van der Waals surface area contributed by atoms with Crippen LogP contribution in [0.1, 0.15) is 35.6 Å². The van der Waals surface area contributed by atoms with Crippen molar-refractivity contribution >= 4 is 12.3 Å². The van der Waals surface area contributed by atoms with Crippen molar-refractivity contribution in [1.82, 2.24) is 19.6 Å². The molecule has 0 aromatic carbocycles. The number of rotatable bonds is 7. The normalized spacial score (nSPS) is 19.5. The number of likely N-dealkylation sites (N-methyl/N-ethyl adjacent to an activating group) is 1. The summed E-state index contributed by atoms with van der Waals surface area (Å²) in [6, 6.07) is 3.66. The first-order valence-corrected chi connectivity index (χ1v) is 9.64. The van der Waals surface area contributed by atoms with Crippen LogP contribution >= 0.6 is 0 Å². The number of carbonyl (C=O) groups excluding carboxylic acids is 2. The summed E-state index contributed by atoms with van der Waals surface area (Å²) in [5.41, 5.74) is 0. The minimum absolute atomic E-state index is 0.0565. The quantitative estimate of drug-likeness (QED) is 0.680. The molecule has 2 saturated heterocycles. The number of hydrogen-bond acceptors (Lipinski definition) is 5. The number of carbonyl (C=O) groups is 2. The van der Waals surface area contributed by atoms with Gasteiger partial charge in [0.1, 0.15) is 5.76 Å². The van der Waals surface area contributed by atoms with E-state index in [0.717, 1.165) is 64.5 Å². The molecule has 0 bridgehead atoms. The second-order valence-corrected chi connectivity index (χ2v) is 7.31. The van der Waals surface area contributed by atoms with Crippen LogP contribution in [0.15, 0.2) is 16.5 Å². The smallest absolute Gasteiger partial charge is 0.289 e. The highest BCUT2D eigenvalue weighted by Gasteiger charge is 2.20. The summed E-state index contributed by atoms with van der Waals surface area (Å²) in [5, 5.41) is 0. The van der Waals surface area contributed by atoms with Gasteiger partial charge in [-0.25, -0.2) is 0 Å². The van der Waals surface area contributed by atoms with Crippen molar-refractivity contribution in [2.75, 3.05) is 59.4 Å². The van der Waals surface area contributed by atoms with E-state index in [2.05, 4.69) is 9.80 Å². The molecule has 0 unspecified atom stereocenters. The van der Waals surface area contributed by atoms with Gasteiger partial charge in [0.2, 0.25) is 6.41 Å². The monoisotopic (exact) mass is 362 g/mol. The number of piperidine rings is 1. The largest absolute Gasteiger partial charge is 0.455 e. The average Bonchev–Trinajstić information content (AvgIpc) is 3.15. The number of piperazine rings is 1. The Morgan fingerprint density at radius 2 is 1.81 bits per heavy atom. The van der Waals surface area contributed by atoms with E-state index < -0.39 is 0 Å². The highest BCUT2D eigenvalue weighted by Crippen LogP contribution is 2.14. The molecule has 144 valence electrons. The van der Waals surface area contributed by atoms with Crippen molar-refractivity contribution in [2.24, 2.45) is 0 Å². The lowest BCUT2D eigenvalue weighted by Crippen LogP contribution is -2.45. The van der Waals surface area contributed by atoms with E-state index in [1.807, 2.05) is 13.1 Å². The van der Waals surface area contributed by atoms with Crippen molar-refractivity contribution in [3.8, 4) is 0 Å². The van der Waals surface area contributed by atoms with Gasteiger partial charge in [-0.1, -0.05) is 6.42 Å². The van der Waals surface area contributed by atoms with Gasteiger partial charge in [-0.05, 0) is 38.1 Å². The second-order valence-electron chi connectivity index (χ2n) is 7.31. The van der Waals surface area contributed by atoms with Crippen LogP contribution in [0.2, 0.25) is 0 Å². The molecule has 0 saturated carbocycles. The summed E-state index contributed by atoms with van der Waals surface area (Å²) in [4.78, 5) is 31.5. The maximum absolute atomic E-state index is 12.6. The molecule has 3 rings (SSSR count). The first kappa shape index (κ1) is 18.9. The predicted octanol–water partition coefficient (Wildman–Crippen LogP) is 1.11. The van der Waals surface area contributed by atoms with Crippen LogP contribution in [0.5, 0.6) is 0 Å². The summed E-state index contributed by atoms with van der Waals surface area (Å²) in [7, 11) is 1.84. The number of nitrogens with zero attached hydrogens (tertiary/aromatic N) is 4. The SMILES string of the molecule is CN(CCN1CCCCC1)C(=O)c1ccc(CN2CCN(C=O)CC2)o1. The summed E-state index contributed by atoms with van der Waals surface area (Å²) < 4.78 is 5.78. The van der Waals surface area contributed by atoms with Crippen LogP contribution in [0, 0.1) is 0 Å². The molecule has 1 aromatic heterocycles. The van der Waals surface area contributed by atoms with E-state index in [0.29, 0.717) is 12.3 Å². The van der Waals surface area contributed by atoms with Crippen molar-refractivity contribution in [3.63, 3.8) is 0 Å². The Morgan fingerprint density at radius 3 is 2.50 bits per heavy atom. The third-order valence-electron chi connectivity index (χ3n) is 5.35. The first-order valence-electron chi connectivity index (χ1n) is 9.64. The summed E-state index contributed by atoms with van der Waals surface area (Å²) >= 11 is 0. The Labute approximate surface area is 155 Å². The fourth-order valence-corrected chi connectivity index (χ4v) is 3.59. The minimum atomic E-state index is -0.0565. The number of furan rings is 1. The summed E-state index contributed by atoms with van der Waals surface area (Å²) in [6.07, 6.45) is 4.76. The topological polar surface area (TPSA) is 60.2 Å². The van der Waals surface area contributed by atoms with Crippen molar-refractivity contribution in [3.05, 3.63) is 23.7 Å². The van der Waals surface area contributed by atoms with Crippen molar-refractivity contribution in [1.29, 1.82) is 0 Å². The van der Waals surface area contributed by atoms with Gasteiger partial charge >= 0.3 is 0 Å². The Morgan fingerprint density at radius 1 is 1.08 bits per heavy atom. The van der Waals surface area contributed by atoms with Crippen LogP contribution in [0.25, 0.3) is 0 Å². The van der Waals surface area contributed by atoms with Gasteiger partial charge in [0.05, 0.1) is 6.54 Å². The van der Waals surface area contributed by atoms with E-state index >= 15 is 0 Å². The zero-order valence-corrected chi connectivity index (χ0v) is 15.7. The van der Waals surface area contributed by atoms with E-state index in [1.54, 1.807) is 15.9 Å². The Hall–Kier alpha value is -1.86. The van der Waals surface area contributed by atoms with Gasteiger partial charge in [0.15, 0.2) is 5.76 Å². The molecule has 2 aliphatic rings. The molecule has 2 amide bonds. The molecule has 0 N–H and O–H groups in total. The van der Waals surface area contributed by atoms with Crippen LogP contribution < -0.4 is 0 Å². The summed E-state index contributed by atoms with van der Waals surface area (Å²) in [5.74, 6) is 1.16. The average molecular weight is 362 g/mol. The molecule has 0 atom stereocenters. The van der Waals surface area contributed by atoms with Crippen LogP contribution in [-0.2, 0) is 11.3 Å². The number of hydrogen-bond donors (Lipinski definition) is 0. The van der Waals surface area contributed by atoms with Crippen LogP contribution in [0.4, 0.5) is 0 Å². The highest BCUT2D eigenvalue weighted by atomic mass is 16.4.